The summed E-state index contributed by atoms with van der Waals surface area (Å²) in [6.07, 6.45) is 4.65. The van der Waals surface area contributed by atoms with Crippen molar-refractivity contribution in [2.24, 2.45) is 0 Å². The third-order valence-electron chi connectivity index (χ3n) is 5.53. The van der Waals surface area contributed by atoms with E-state index >= 15 is 0 Å². The Bertz CT molecular complexity index is 804. The van der Waals surface area contributed by atoms with Gasteiger partial charge in [-0.2, -0.15) is 0 Å². The zero-order valence-corrected chi connectivity index (χ0v) is 17.6. The number of fused-ring (bicyclic) bond motifs is 1. The second kappa shape index (κ2) is 9.18. The van der Waals surface area contributed by atoms with Crippen LogP contribution in [0.4, 0.5) is 5.82 Å². The van der Waals surface area contributed by atoms with E-state index in [2.05, 4.69) is 32.7 Å². The minimum atomic E-state index is 0.254. The molecule has 1 aliphatic heterocycles. The molecule has 0 bridgehead atoms. The van der Waals surface area contributed by atoms with Crippen LogP contribution in [0.1, 0.15) is 57.7 Å². The third kappa shape index (κ3) is 4.51. The van der Waals surface area contributed by atoms with Crippen molar-refractivity contribution >= 4 is 11.7 Å². The first-order valence-corrected chi connectivity index (χ1v) is 10.5. The summed E-state index contributed by atoms with van der Waals surface area (Å²) in [5.41, 5.74) is 3.21. The second-order valence-corrected chi connectivity index (χ2v) is 7.89. The summed E-state index contributed by atoms with van der Waals surface area (Å²) in [4.78, 5) is 26.6. The highest BCUT2D eigenvalue weighted by molar-refractivity contribution is 5.77. The van der Waals surface area contributed by atoms with Crippen molar-refractivity contribution in [3.63, 3.8) is 0 Å². The number of anilines is 1. The first-order valence-electron chi connectivity index (χ1n) is 10.5. The van der Waals surface area contributed by atoms with Crippen molar-refractivity contribution in [3.8, 4) is 11.4 Å². The van der Waals surface area contributed by atoms with Crippen molar-refractivity contribution in [1.29, 1.82) is 0 Å². The molecule has 0 atom stereocenters. The molecule has 2 aromatic rings. The van der Waals surface area contributed by atoms with Crippen molar-refractivity contribution in [2.75, 3.05) is 18.5 Å². The molecule has 1 aromatic heterocycles. The topological polar surface area (TPSA) is 49.3 Å². The summed E-state index contributed by atoms with van der Waals surface area (Å²) < 4.78 is 0. The largest absolute Gasteiger partial charge is 0.357 e. The molecule has 5 heteroatoms. The molecule has 0 fully saturated rings. The molecule has 1 aromatic carbocycles. The summed E-state index contributed by atoms with van der Waals surface area (Å²) in [7, 11) is 2.07. The van der Waals surface area contributed by atoms with E-state index in [0.717, 1.165) is 60.7 Å². The van der Waals surface area contributed by atoms with Gasteiger partial charge in [-0.3, -0.25) is 4.79 Å². The van der Waals surface area contributed by atoms with Gasteiger partial charge in [-0.1, -0.05) is 50.1 Å². The number of nitrogens with zero attached hydrogens (tertiary/aromatic N) is 4. The fourth-order valence-electron chi connectivity index (χ4n) is 3.55. The zero-order valence-electron chi connectivity index (χ0n) is 17.6. The van der Waals surface area contributed by atoms with E-state index in [1.54, 1.807) is 0 Å². The van der Waals surface area contributed by atoms with Crippen LogP contribution in [0.15, 0.2) is 30.3 Å². The van der Waals surface area contributed by atoms with Crippen LogP contribution in [-0.2, 0) is 17.8 Å². The van der Waals surface area contributed by atoms with Gasteiger partial charge in [0, 0.05) is 43.6 Å². The molecule has 0 saturated carbocycles. The molecule has 0 saturated heterocycles. The van der Waals surface area contributed by atoms with Gasteiger partial charge < -0.3 is 9.80 Å². The summed E-state index contributed by atoms with van der Waals surface area (Å²) in [5, 5.41) is 0. The first-order chi connectivity index (χ1) is 13.5. The number of amides is 1. The zero-order chi connectivity index (χ0) is 20.1. The van der Waals surface area contributed by atoms with Crippen LogP contribution in [0.3, 0.4) is 0 Å². The van der Waals surface area contributed by atoms with Gasteiger partial charge in [0.1, 0.15) is 5.82 Å². The van der Waals surface area contributed by atoms with E-state index in [9.17, 15) is 4.79 Å². The highest BCUT2D eigenvalue weighted by atomic mass is 16.2. The van der Waals surface area contributed by atoms with E-state index < -0.39 is 0 Å². The predicted molar refractivity (Wildman–Crippen MR) is 114 cm³/mol. The van der Waals surface area contributed by atoms with Crippen LogP contribution < -0.4 is 4.90 Å². The number of hydrogen-bond donors (Lipinski definition) is 0. The lowest BCUT2D eigenvalue weighted by Gasteiger charge is -2.33. The molecule has 0 radical (unpaired) electrons. The van der Waals surface area contributed by atoms with Gasteiger partial charge >= 0.3 is 0 Å². The Labute approximate surface area is 168 Å². The molecule has 0 N–H and O–H groups in total. The average Bonchev–Trinajstić information content (AvgIpc) is 2.72. The molecule has 28 heavy (non-hydrogen) atoms. The van der Waals surface area contributed by atoms with E-state index in [1.807, 2.05) is 35.2 Å². The second-order valence-electron chi connectivity index (χ2n) is 7.89. The Kier molecular flexibility index (Phi) is 6.65. The molecule has 2 heterocycles. The Morgan fingerprint density at radius 3 is 2.61 bits per heavy atom. The van der Waals surface area contributed by atoms with Crippen molar-refractivity contribution in [1.82, 2.24) is 14.9 Å². The van der Waals surface area contributed by atoms with Crippen LogP contribution in [-0.4, -0.2) is 40.4 Å². The van der Waals surface area contributed by atoms with Gasteiger partial charge in [-0.15, -0.1) is 0 Å². The van der Waals surface area contributed by atoms with E-state index in [0.29, 0.717) is 19.0 Å². The number of hydrogen-bond acceptors (Lipinski definition) is 4. The SMILES string of the molecule is CCCCCC(=O)N1CCc2nc(-c3ccccc3)nc(N(C)C(C)C)c2C1. The van der Waals surface area contributed by atoms with Crippen molar-refractivity contribution < 1.29 is 4.79 Å². The summed E-state index contributed by atoms with van der Waals surface area (Å²) in [5.74, 6) is 1.97. The molecular formula is C23H32N4O. The maximum Gasteiger partial charge on any atom is 0.222 e. The molecule has 1 aliphatic rings. The van der Waals surface area contributed by atoms with Crippen LogP contribution >= 0.6 is 0 Å². The molecule has 0 spiro atoms. The van der Waals surface area contributed by atoms with Crippen molar-refractivity contribution in [2.45, 2.75) is 65.5 Å². The number of carbonyl (C=O) groups excluding carboxylic acids is 1. The average molecular weight is 381 g/mol. The fourth-order valence-corrected chi connectivity index (χ4v) is 3.55. The standard InChI is InChI=1S/C23H32N4O/c1-5-6-8-13-21(28)27-15-14-20-19(16-27)23(26(4)17(2)3)25-22(24-20)18-11-9-7-10-12-18/h7,9-12,17H,5-6,8,13-16H2,1-4H3. The Hall–Kier alpha value is -2.43. The van der Waals surface area contributed by atoms with E-state index in [1.165, 1.54) is 0 Å². The van der Waals surface area contributed by atoms with Gasteiger partial charge in [0.05, 0.1) is 12.2 Å². The number of benzene rings is 1. The molecule has 3 rings (SSSR count). The number of rotatable bonds is 7. The highest BCUT2D eigenvalue weighted by Crippen LogP contribution is 2.30. The van der Waals surface area contributed by atoms with Gasteiger partial charge in [0.15, 0.2) is 5.82 Å². The molecule has 150 valence electrons. The maximum absolute atomic E-state index is 12.7. The molecule has 1 amide bonds. The lowest BCUT2D eigenvalue weighted by atomic mass is 10.0. The van der Waals surface area contributed by atoms with Crippen LogP contribution in [0.5, 0.6) is 0 Å². The van der Waals surface area contributed by atoms with Gasteiger partial charge in [-0.25, -0.2) is 9.97 Å². The Morgan fingerprint density at radius 2 is 1.93 bits per heavy atom. The molecule has 0 unspecified atom stereocenters. The van der Waals surface area contributed by atoms with Crippen LogP contribution in [0.2, 0.25) is 0 Å². The van der Waals surface area contributed by atoms with Crippen LogP contribution in [0.25, 0.3) is 11.4 Å². The summed E-state index contributed by atoms with van der Waals surface area (Å²) in [6.45, 7) is 7.84. The van der Waals surface area contributed by atoms with Crippen molar-refractivity contribution in [3.05, 3.63) is 41.6 Å². The quantitative estimate of drug-likeness (QED) is 0.666. The van der Waals surface area contributed by atoms with Gasteiger partial charge in [0.25, 0.3) is 0 Å². The Morgan fingerprint density at radius 1 is 1.18 bits per heavy atom. The van der Waals surface area contributed by atoms with E-state index in [-0.39, 0.29) is 5.91 Å². The lowest BCUT2D eigenvalue weighted by Crippen LogP contribution is -2.38. The van der Waals surface area contributed by atoms with E-state index in [4.69, 9.17) is 9.97 Å². The summed E-state index contributed by atoms with van der Waals surface area (Å²) >= 11 is 0. The Balaban J connectivity index is 1.93. The van der Waals surface area contributed by atoms with Gasteiger partial charge in [-0.05, 0) is 20.3 Å². The number of aromatic nitrogens is 2. The smallest absolute Gasteiger partial charge is 0.222 e. The lowest BCUT2D eigenvalue weighted by molar-refractivity contribution is -0.132. The molecular weight excluding hydrogens is 348 g/mol. The maximum atomic E-state index is 12.7. The third-order valence-corrected chi connectivity index (χ3v) is 5.53. The van der Waals surface area contributed by atoms with Gasteiger partial charge in [0.2, 0.25) is 5.91 Å². The number of carbonyl (C=O) groups is 1. The predicted octanol–water partition coefficient (Wildman–Crippen LogP) is 4.45. The molecule has 5 nitrogen and oxygen atoms in total. The van der Waals surface area contributed by atoms with Crippen LogP contribution in [0, 0.1) is 0 Å². The monoisotopic (exact) mass is 380 g/mol. The minimum absolute atomic E-state index is 0.254. The number of unbranched alkanes of at least 4 members (excludes halogenated alkanes) is 2. The molecule has 0 aliphatic carbocycles. The highest BCUT2D eigenvalue weighted by Gasteiger charge is 2.27. The normalized spacial score (nSPS) is 13.5. The minimum Gasteiger partial charge on any atom is -0.357 e. The first kappa shape index (κ1) is 20.3. The summed E-state index contributed by atoms with van der Waals surface area (Å²) in [6, 6.07) is 10.4. The fraction of sp³-hybridized carbons (Fsp3) is 0.522.